The van der Waals surface area contributed by atoms with Crippen molar-refractivity contribution in [3.8, 4) is 0 Å². The number of benzene rings is 3. The van der Waals surface area contributed by atoms with Crippen molar-refractivity contribution in [2.45, 2.75) is 33.5 Å². The van der Waals surface area contributed by atoms with Gasteiger partial charge >= 0.3 is 6.03 Å². The number of nitrogens with one attached hydrogen (secondary N) is 2. The zero-order valence-electron chi connectivity index (χ0n) is 16.3. The van der Waals surface area contributed by atoms with Crippen molar-refractivity contribution in [3.05, 3.63) is 94.5 Å². The van der Waals surface area contributed by atoms with E-state index in [0.717, 1.165) is 36.6 Å². The van der Waals surface area contributed by atoms with Crippen molar-refractivity contribution in [3.63, 3.8) is 0 Å². The third kappa shape index (κ3) is 4.24. The molecule has 2 amide bonds. The summed E-state index contributed by atoms with van der Waals surface area (Å²) in [7, 11) is 0. The van der Waals surface area contributed by atoms with E-state index in [9.17, 15) is 4.79 Å². The summed E-state index contributed by atoms with van der Waals surface area (Å²) in [5.41, 5.74) is 7.82. The van der Waals surface area contributed by atoms with E-state index < -0.39 is 0 Å². The number of fused-ring (bicyclic) bond motifs is 1. The first-order valence-corrected chi connectivity index (χ1v) is 9.60. The van der Waals surface area contributed by atoms with Gasteiger partial charge in [0.15, 0.2) is 0 Å². The lowest BCUT2D eigenvalue weighted by atomic mass is 10.1. The van der Waals surface area contributed by atoms with Crippen molar-refractivity contribution in [1.82, 2.24) is 4.90 Å². The van der Waals surface area contributed by atoms with Gasteiger partial charge in [0.05, 0.1) is 0 Å². The normalized spacial score (nSPS) is 13.2. The minimum absolute atomic E-state index is 0.217. The van der Waals surface area contributed by atoms with Crippen LogP contribution >= 0.6 is 0 Å². The number of amides is 2. The van der Waals surface area contributed by atoms with Gasteiger partial charge in [0.1, 0.15) is 0 Å². The number of rotatable bonds is 4. The van der Waals surface area contributed by atoms with Crippen LogP contribution in [-0.4, -0.2) is 10.9 Å². The fourth-order valence-corrected chi connectivity index (χ4v) is 3.73. The maximum absolute atomic E-state index is 12.4. The van der Waals surface area contributed by atoms with Crippen molar-refractivity contribution < 1.29 is 4.79 Å². The molecule has 4 nitrogen and oxygen atoms in total. The molecule has 0 aromatic heterocycles. The maximum atomic E-state index is 12.4. The Morgan fingerprint density at radius 2 is 1.68 bits per heavy atom. The van der Waals surface area contributed by atoms with Gasteiger partial charge in [0.25, 0.3) is 0 Å². The lowest BCUT2D eigenvalue weighted by Crippen LogP contribution is -2.20. The van der Waals surface area contributed by atoms with E-state index in [-0.39, 0.29) is 6.03 Å². The summed E-state index contributed by atoms with van der Waals surface area (Å²) in [5.74, 6) is 0. The molecular formula is C24H25N3O. The van der Waals surface area contributed by atoms with Gasteiger partial charge in [-0.3, -0.25) is 4.90 Å². The number of carbonyl (C=O) groups is 1. The minimum atomic E-state index is -0.217. The highest BCUT2D eigenvalue weighted by molar-refractivity contribution is 6.00. The predicted octanol–water partition coefficient (Wildman–Crippen LogP) is 5.46. The summed E-state index contributed by atoms with van der Waals surface area (Å²) >= 11 is 0. The van der Waals surface area contributed by atoms with Crippen molar-refractivity contribution in [2.75, 3.05) is 10.6 Å². The predicted molar refractivity (Wildman–Crippen MR) is 114 cm³/mol. The number of carbonyl (C=O) groups excluding carboxylic acids is 1. The second-order valence-electron chi connectivity index (χ2n) is 7.51. The summed E-state index contributed by atoms with van der Waals surface area (Å²) < 4.78 is 0. The molecule has 1 aliphatic heterocycles. The van der Waals surface area contributed by atoms with Crippen molar-refractivity contribution in [2.24, 2.45) is 0 Å². The van der Waals surface area contributed by atoms with Crippen LogP contribution in [-0.2, 0) is 19.6 Å². The molecule has 142 valence electrons. The van der Waals surface area contributed by atoms with Crippen LogP contribution in [0.2, 0.25) is 0 Å². The topological polar surface area (TPSA) is 44.4 Å². The highest BCUT2D eigenvalue weighted by atomic mass is 16.2. The highest BCUT2D eigenvalue weighted by Gasteiger charge is 2.19. The molecule has 0 saturated carbocycles. The van der Waals surface area contributed by atoms with Crippen LogP contribution in [0.15, 0.2) is 66.7 Å². The fraction of sp³-hybridized carbons (Fsp3) is 0.208. The molecule has 0 radical (unpaired) electrons. The number of aryl methyl sites for hydroxylation is 2. The summed E-state index contributed by atoms with van der Waals surface area (Å²) in [5, 5.41) is 5.89. The Hall–Kier alpha value is -3.11. The quantitative estimate of drug-likeness (QED) is 0.639. The van der Waals surface area contributed by atoms with Gasteiger partial charge in [-0.15, -0.1) is 0 Å². The van der Waals surface area contributed by atoms with E-state index in [2.05, 4.69) is 58.0 Å². The molecule has 0 unspecified atom stereocenters. The van der Waals surface area contributed by atoms with Gasteiger partial charge in [-0.25, -0.2) is 4.79 Å². The Morgan fingerprint density at radius 1 is 0.893 bits per heavy atom. The van der Waals surface area contributed by atoms with E-state index in [0.29, 0.717) is 0 Å². The standard InChI is InChI=1S/C24H25N3O/c1-17-8-11-23(18(2)12-17)26-24(28)25-22-10-9-20-15-27(16-21(20)13-22)14-19-6-4-3-5-7-19/h3-13H,14-16H2,1-2H3,(H2,25,26,28). The van der Waals surface area contributed by atoms with Crippen LogP contribution in [0.4, 0.5) is 16.2 Å². The summed E-state index contributed by atoms with van der Waals surface area (Å²) in [6.45, 7) is 6.82. The third-order valence-corrected chi connectivity index (χ3v) is 5.13. The van der Waals surface area contributed by atoms with Crippen LogP contribution < -0.4 is 10.6 Å². The van der Waals surface area contributed by atoms with Crippen LogP contribution in [0, 0.1) is 13.8 Å². The van der Waals surface area contributed by atoms with Gasteiger partial charge in [-0.1, -0.05) is 54.1 Å². The summed E-state index contributed by atoms with van der Waals surface area (Å²) in [6, 6.07) is 22.5. The first-order valence-electron chi connectivity index (χ1n) is 9.60. The van der Waals surface area contributed by atoms with Gasteiger partial charge in [0, 0.05) is 31.0 Å². The van der Waals surface area contributed by atoms with E-state index in [4.69, 9.17) is 0 Å². The number of anilines is 2. The molecule has 0 atom stereocenters. The number of hydrogen-bond donors (Lipinski definition) is 2. The molecule has 2 N–H and O–H groups in total. The molecule has 0 fully saturated rings. The Bertz CT molecular complexity index is 998. The molecule has 3 aromatic carbocycles. The molecule has 1 heterocycles. The minimum Gasteiger partial charge on any atom is -0.308 e. The Balaban J connectivity index is 1.39. The van der Waals surface area contributed by atoms with Gasteiger partial charge < -0.3 is 10.6 Å². The SMILES string of the molecule is Cc1ccc(NC(=O)Nc2ccc3c(c2)CN(Cc2ccccc2)C3)c(C)c1. The molecular weight excluding hydrogens is 346 g/mol. The largest absolute Gasteiger partial charge is 0.323 e. The molecule has 0 bridgehead atoms. The second-order valence-corrected chi connectivity index (χ2v) is 7.51. The molecule has 3 aromatic rings. The number of urea groups is 1. The average Bonchev–Trinajstić information content (AvgIpc) is 3.06. The van der Waals surface area contributed by atoms with Gasteiger partial charge in [0.2, 0.25) is 0 Å². The maximum Gasteiger partial charge on any atom is 0.323 e. The molecule has 1 aliphatic rings. The monoisotopic (exact) mass is 371 g/mol. The second kappa shape index (κ2) is 7.87. The van der Waals surface area contributed by atoms with E-state index >= 15 is 0 Å². The number of nitrogens with zero attached hydrogens (tertiary/aromatic N) is 1. The first kappa shape index (κ1) is 18.3. The Kier molecular flexibility index (Phi) is 5.13. The Labute approximate surface area is 166 Å². The molecule has 4 rings (SSSR count). The average molecular weight is 371 g/mol. The van der Waals surface area contributed by atoms with Crippen LogP contribution in [0.5, 0.6) is 0 Å². The zero-order valence-corrected chi connectivity index (χ0v) is 16.3. The molecule has 28 heavy (non-hydrogen) atoms. The fourth-order valence-electron chi connectivity index (χ4n) is 3.73. The molecule has 0 saturated heterocycles. The molecule has 0 aliphatic carbocycles. The van der Waals surface area contributed by atoms with Crippen LogP contribution in [0.1, 0.15) is 27.8 Å². The van der Waals surface area contributed by atoms with Crippen LogP contribution in [0.3, 0.4) is 0 Å². The summed E-state index contributed by atoms with van der Waals surface area (Å²) in [4.78, 5) is 14.8. The van der Waals surface area contributed by atoms with Gasteiger partial charge in [-0.05, 0) is 54.3 Å². The lowest BCUT2D eigenvalue weighted by Gasteiger charge is -2.14. The van der Waals surface area contributed by atoms with Crippen molar-refractivity contribution in [1.29, 1.82) is 0 Å². The molecule has 4 heteroatoms. The first-order chi connectivity index (χ1) is 13.6. The summed E-state index contributed by atoms with van der Waals surface area (Å²) in [6.07, 6.45) is 0. The van der Waals surface area contributed by atoms with Crippen LogP contribution in [0.25, 0.3) is 0 Å². The Morgan fingerprint density at radius 3 is 2.46 bits per heavy atom. The van der Waals surface area contributed by atoms with E-state index in [1.54, 1.807) is 0 Å². The smallest absolute Gasteiger partial charge is 0.308 e. The lowest BCUT2D eigenvalue weighted by molar-refractivity contribution is 0.262. The third-order valence-electron chi connectivity index (χ3n) is 5.13. The highest BCUT2D eigenvalue weighted by Crippen LogP contribution is 2.27. The van der Waals surface area contributed by atoms with Gasteiger partial charge in [-0.2, -0.15) is 0 Å². The van der Waals surface area contributed by atoms with E-state index in [1.165, 1.54) is 22.3 Å². The number of hydrogen-bond acceptors (Lipinski definition) is 2. The van der Waals surface area contributed by atoms with Crippen molar-refractivity contribution >= 4 is 17.4 Å². The zero-order chi connectivity index (χ0) is 19.5. The van der Waals surface area contributed by atoms with E-state index in [1.807, 2.05) is 38.1 Å². The molecule has 0 spiro atoms.